The predicted molar refractivity (Wildman–Crippen MR) is 89.4 cm³/mol. The van der Waals surface area contributed by atoms with Gasteiger partial charge in [0, 0.05) is 30.9 Å². The molecule has 1 aromatic heterocycles. The second-order valence-corrected chi connectivity index (χ2v) is 6.85. The molecule has 1 aromatic carbocycles. The Morgan fingerprint density at radius 2 is 2.13 bits per heavy atom. The Kier molecular flexibility index (Phi) is 3.33. The molecule has 0 unspecified atom stereocenters. The van der Waals surface area contributed by atoms with Crippen LogP contribution in [0.25, 0.3) is 5.57 Å². The Morgan fingerprint density at radius 3 is 2.78 bits per heavy atom. The maximum atomic E-state index is 12.5. The van der Waals surface area contributed by atoms with Gasteiger partial charge in [-0.1, -0.05) is 35.9 Å². The SMILES string of the molecule is CC1=C(c2ccccc2)[C@@H]1C(=O)NCC1(Cn2ccnc2)CC1. The fourth-order valence-corrected chi connectivity index (χ4v) is 3.38. The summed E-state index contributed by atoms with van der Waals surface area (Å²) < 4.78 is 2.11. The van der Waals surface area contributed by atoms with E-state index in [0.717, 1.165) is 13.1 Å². The molecule has 1 N–H and O–H groups in total. The molecule has 2 aliphatic rings. The van der Waals surface area contributed by atoms with Crippen molar-refractivity contribution < 1.29 is 4.79 Å². The summed E-state index contributed by atoms with van der Waals surface area (Å²) in [6, 6.07) is 10.2. The monoisotopic (exact) mass is 307 g/mol. The van der Waals surface area contributed by atoms with E-state index in [0.29, 0.717) is 0 Å². The summed E-state index contributed by atoms with van der Waals surface area (Å²) in [4.78, 5) is 16.6. The Balaban J connectivity index is 1.33. The largest absolute Gasteiger partial charge is 0.355 e. The van der Waals surface area contributed by atoms with Crippen LogP contribution in [-0.4, -0.2) is 22.0 Å². The summed E-state index contributed by atoms with van der Waals surface area (Å²) >= 11 is 0. The van der Waals surface area contributed by atoms with Crippen LogP contribution in [0.2, 0.25) is 0 Å². The Bertz CT molecular complexity index is 742. The van der Waals surface area contributed by atoms with E-state index < -0.39 is 0 Å². The van der Waals surface area contributed by atoms with E-state index in [1.54, 1.807) is 6.20 Å². The van der Waals surface area contributed by atoms with E-state index in [1.807, 2.05) is 30.7 Å². The number of rotatable bonds is 6. The summed E-state index contributed by atoms with van der Waals surface area (Å²) in [5, 5.41) is 3.18. The average Bonchev–Trinajstić information content (AvgIpc) is 3.41. The molecule has 1 heterocycles. The van der Waals surface area contributed by atoms with Crippen molar-refractivity contribution in [1.82, 2.24) is 14.9 Å². The van der Waals surface area contributed by atoms with Crippen LogP contribution in [0.5, 0.6) is 0 Å². The molecule has 0 spiro atoms. The minimum atomic E-state index is -0.0264. The van der Waals surface area contributed by atoms with Crippen molar-refractivity contribution in [2.75, 3.05) is 6.54 Å². The lowest BCUT2D eigenvalue weighted by Crippen LogP contribution is -2.34. The molecule has 4 heteroatoms. The van der Waals surface area contributed by atoms with Gasteiger partial charge in [-0.15, -0.1) is 0 Å². The highest BCUT2D eigenvalue weighted by Gasteiger charge is 2.45. The lowest BCUT2D eigenvalue weighted by Gasteiger charge is -2.17. The summed E-state index contributed by atoms with van der Waals surface area (Å²) in [5.74, 6) is 0.125. The number of hydrogen-bond acceptors (Lipinski definition) is 2. The van der Waals surface area contributed by atoms with E-state index in [4.69, 9.17) is 0 Å². The molecule has 2 aromatic rings. The number of imidazole rings is 1. The van der Waals surface area contributed by atoms with Gasteiger partial charge in [-0.3, -0.25) is 4.79 Å². The molecular weight excluding hydrogens is 286 g/mol. The van der Waals surface area contributed by atoms with Gasteiger partial charge in [0.05, 0.1) is 12.2 Å². The van der Waals surface area contributed by atoms with Crippen LogP contribution in [0, 0.1) is 11.3 Å². The first-order valence-electron chi connectivity index (χ1n) is 8.18. The van der Waals surface area contributed by atoms with Gasteiger partial charge in [-0.2, -0.15) is 0 Å². The van der Waals surface area contributed by atoms with Crippen molar-refractivity contribution in [2.24, 2.45) is 11.3 Å². The molecular formula is C19H21N3O. The number of nitrogens with zero attached hydrogens (tertiary/aromatic N) is 2. The minimum Gasteiger partial charge on any atom is -0.355 e. The fraction of sp³-hybridized carbons (Fsp3) is 0.368. The van der Waals surface area contributed by atoms with Crippen LogP contribution in [0.3, 0.4) is 0 Å². The number of benzene rings is 1. The first-order chi connectivity index (χ1) is 11.2. The molecule has 23 heavy (non-hydrogen) atoms. The van der Waals surface area contributed by atoms with Gasteiger partial charge in [0.1, 0.15) is 0 Å². The van der Waals surface area contributed by atoms with Crippen LogP contribution in [0.4, 0.5) is 0 Å². The number of amides is 1. The first kappa shape index (κ1) is 14.2. The summed E-state index contributed by atoms with van der Waals surface area (Å²) in [6.45, 7) is 3.76. The van der Waals surface area contributed by atoms with E-state index >= 15 is 0 Å². The Morgan fingerprint density at radius 1 is 1.35 bits per heavy atom. The zero-order valence-electron chi connectivity index (χ0n) is 13.3. The smallest absolute Gasteiger partial charge is 0.231 e. The van der Waals surface area contributed by atoms with Crippen LogP contribution < -0.4 is 5.32 Å². The highest BCUT2D eigenvalue weighted by molar-refractivity contribution is 6.05. The number of aromatic nitrogens is 2. The van der Waals surface area contributed by atoms with Crippen LogP contribution in [0.15, 0.2) is 54.6 Å². The first-order valence-corrected chi connectivity index (χ1v) is 8.18. The minimum absolute atomic E-state index is 0.0264. The number of hydrogen-bond donors (Lipinski definition) is 1. The maximum absolute atomic E-state index is 12.5. The highest BCUT2D eigenvalue weighted by atomic mass is 16.2. The van der Waals surface area contributed by atoms with Gasteiger partial charge in [-0.25, -0.2) is 4.98 Å². The second-order valence-electron chi connectivity index (χ2n) is 6.85. The molecule has 1 fully saturated rings. The van der Waals surface area contributed by atoms with Crippen LogP contribution >= 0.6 is 0 Å². The highest BCUT2D eigenvalue weighted by Crippen LogP contribution is 2.48. The molecule has 118 valence electrons. The lowest BCUT2D eigenvalue weighted by molar-refractivity contribution is -0.121. The molecule has 0 bridgehead atoms. The summed E-state index contributed by atoms with van der Waals surface area (Å²) in [5.41, 5.74) is 3.80. The quantitative estimate of drug-likeness (QED) is 0.892. The molecule has 2 aliphatic carbocycles. The third-order valence-corrected chi connectivity index (χ3v) is 5.08. The van der Waals surface area contributed by atoms with Crippen molar-refractivity contribution in [1.29, 1.82) is 0 Å². The van der Waals surface area contributed by atoms with Crippen molar-refractivity contribution in [3.8, 4) is 0 Å². The van der Waals surface area contributed by atoms with Gasteiger partial charge >= 0.3 is 0 Å². The van der Waals surface area contributed by atoms with Crippen molar-refractivity contribution >= 4 is 11.5 Å². The predicted octanol–water partition coefficient (Wildman–Crippen LogP) is 2.88. The van der Waals surface area contributed by atoms with Gasteiger partial charge < -0.3 is 9.88 Å². The standard InChI is InChI=1S/C19H21N3O/c1-14-16(15-5-3-2-4-6-15)17(14)18(23)21-11-19(7-8-19)12-22-10-9-20-13-22/h2-6,9-10,13,17H,7-8,11-12H2,1H3,(H,21,23)/t17-/m1/s1. The molecule has 1 atom stereocenters. The fourth-order valence-electron chi connectivity index (χ4n) is 3.38. The van der Waals surface area contributed by atoms with Crippen molar-refractivity contribution in [2.45, 2.75) is 26.3 Å². The maximum Gasteiger partial charge on any atom is 0.231 e. The summed E-state index contributed by atoms with van der Waals surface area (Å²) in [7, 11) is 0. The zero-order chi connectivity index (χ0) is 15.9. The van der Waals surface area contributed by atoms with E-state index in [9.17, 15) is 4.79 Å². The number of carbonyl (C=O) groups excluding carboxylic acids is 1. The van der Waals surface area contributed by atoms with E-state index in [1.165, 1.54) is 29.6 Å². The lowest BCUT2D eigenvalue weighted by atomic mass is 10.1. The molecule has 4 nitrogen and oxygen atoms in total. The zero-order valence-corrected chi connectivity index (χ0v) is 13.3. The molecule has 1 amide bonds. The topological polar surface area (TPSA) is 46.9 Å². The molecule has 0 saturated heterocycles. The summed E-state index contributed by atoms with van der Waals surface area (Å²) in [6.07, 6.45) is 7.99. The third-order valence-electron chi connectivity index (χ3n) is 5.08. The Hall–Kier alpha value is -2.36. The van der Waals surface area contributed by atoms with Crippen LogP contribution in [-0.2, 0) is 11.3 Å². The Labute approximate surface area is 136 Å². The van der Waals surface area contributed by atoms with Crippen molar-refractivity contribution in [3.63, 3.8) is 0 Å². The number of carbonyl (C=O) groups is 1. The van der Waals surface area contributed by atoms with E-state index in [2.05, 4.69) is 33.9 Å². The van der Waals surface area contributed by atoms with Gasteiger partial charge in [0.25, 0.3) is 0 Å². The van der Waals surface area contributed by atoms with Gasteiger partial charge in [0.15, 0.2) is 0 Å². The van der Waals surface area contributed by atoms with Gasteiger partial charge in [-0.05, 0) is 30.9 Å². The van der Waals surface area contributed by atoms with E-state index in [-0.39, 0.29) is 17.2 Å². The van der Waals surface area contributed by atoms with Crippen LogP contribution in [0.1, 0.15) is 25.3 Å². The molecule has 0 aliphatic heterocycles. The number of nitrogens with one attached hydrogen (secondary N) is 1. The second kappa shape index (κ2) is 5.37. The molecule has 4 rings (SSSR count). The molecule has 0 radical (unpaired) electrons. The third kappa shape index (κ3) is 2.81. The van der Waals surface area contributed by atoms with Gasteiger partial charge in [0.2, 0.25) is 5.91 Å². The normalized spacial score (nSPS) is 21.2. The average molecular weight is 307 g/mol. The molecule has 1 saturated carbocycles. The van der Waals surface area contributed by atoms with Crippen molar-refractivity contribution in [3.05, 3.63) is 60.2 Å².